The fourth-order valence-corrected chi connectivity index (χ4v) is 1.78. The number of nitrogen functional groups attached to an aromatic ring is 1. The van der Waals surface area contributed by atoms with Crippen LogP contribution in [0.1, 0.15) is 25.2 Å². The predicted octanol–water partition coefficient (Wildman–Crippen LogP) is 0.663. The van der Waals surface area contributed by atoms with Gasteiger partial charge in [0.05, 0.1) is 23.4 Å². The number of hydrogen-bond donors (Lipinski definition) is 2. The highest BCUT2D eigenvalue weighted by Gasteiger charge is 2.14. The molecule has 0 saturated heterocycles. The summed E-state index contributed by atoms with van der Waals surface area (Å²) in [5.74, 6) is 0.497. The molecular formula is C11H15N5O. The second kappa shape index (κ2) is 4.40. The number of aromatic nitrogens is 4. The Morgan fingerprint density at radius 3 is 2.76 bits per heavy atom. The lowest BCUT2D eigenvalue weighted by atomic mass is 10.2. The van der Waals surface area contributed by atoms with E-state index >= 15 is 0 Å². The number of anilines is 1. The van der Waals surface area contributed by atoms with Crippen molar-refractivity contribution in [3.05, 3.63) is 34.1 Å². The number of nitrogens with two attached hydrogens (primary N) is 1. The Morgan fingerprint density at radius 2 is 2.18 bits per heavy atom. The van der Waals surface area contributed by atoms with Crippen LogP contribution in [0.15, 0.2) is 17.2 Å². The van der Waals surface area contributed by atoms with Crippen molar-refractivity contribution >= 4 is 5.69 Å². The van der Waals surface area contributed by atoms with Crippen LogP contribution in [-0.2, 0) is 12.8 Å². The van der Waals surface area contributed by atoms with Gasteiger partial charge in [-0.2, -0.15) is 5.10 Å². The first kappa shape index (κ1) is 11.4. The summed E-state index contributed by atoms with van der Waals surface area (Å²) in [5.41, 5.74) is 8.22. The number of aryl methyl sites for hydroxylation is 1. The third-order valence-corrected chi connectivity index (χ3v) is 2.65. The fourth-order valence-electron chi connectivity index (χ4n) is 1.78. The van der Waals surface area contributed by atoms with Crippen LogP contribution in [0.4, 0.5) is 5.69 Å². The lowest BCUT2D eigenvalue weighted by Gasteiger charge is -2.03. The second-order valence-corrected chi connectivity index (χ2v) is 3.70. The van der Waals surface area contributed by atoms with E-state index in [1.807, 2.05) is 13.8 Å². The number of aromatic amines is 1. The molecule has 0 amide bonds. The van der Waals surface area contributed by atoms with Gasteiger partial charge in [0, 0.05) is 6.07 Å². The Hall–Kier alpha value is -2.11. The number of nitrogens with one attached hydrogen (secondary N) is 1. The predicted molar refractivity (Wildman–Crippen MR) is 65.1 cm³/mol. The summed E-state index contributed by atoms with van der Waals surface area (Å²) in [6.45, 7) is 3.99. The highest BCUT2D eigenvalue weighted by molar-refractivity contribution is 5.50. The highest BCUT2D eigenvalue weighted by atomic mass is 16.1. The molecule has 3 N–H and O–H groups in total. The van der Waals surface area contributed by atoms with Gasteiger partial charge in [-0.05, 0) is 12.8 Å². The average molecular weight is 233 g/mol. The molecule has 0 atom stereocenters. The molecule has 2 aromatic heterocycles. The zero-order chi connectivity index (χ0) is 12.4. The molecule has 0 aromatic carbocycles. The summed E-state index contributed by atoms with van der Waals surface area (Å²) in [4.78, 5) is 17.8. The molecule has 2 rings (SSSR count). The van der Waals surface area contributed by atoms with Crippen molar-refractivity contribution in [2.24, 2.45) is 0 Å². The highest BCUT2D eigenvalue weighted by Crippen LogP contribution is 2.20. The summed E-state index contributed by atoms with van der Waals surface area (Å²) >= 11 is 0. The van der Waals surface area contributed by atoms with E-state index < -0.39 is 0 Å². The summed E-state index contributed by atoms with van der Waals surface area (Å²) in [6, 6.07) is 1.41. The first-order chi connectivity index (χ1) is 8.17. The van der Waals surface area contributed by atoms with Crippen LogP contribution < -0.4 is 11.3 Å². The van der Waals surface area contributed by atoms with E-state index in [1.165, 1.54) is 12.4 Å². The molecule has 0 radical (unpaired) electrons. The monoisotopic (exact) mass is 233 g/mol. The molecular weight excluding hydrogens is 218 g/mol. The fraction of sp³-hybridized carbons (Fsp3) is 0.364. The van der Waals surface area contributed by atoms with Crippen LogP contribution in [-0.4, -0.2) is 19.7 Å². The molecule has 6 heteroatoms. The van der Waals surface area contributed by atoms with E-state index in [1.54, 1.807) is 4.68 Å². The first-order valence-corrected chi connectivity index (χ1v) is 5.58. The minimum absolute atomic E-state index is 0.204. The van der Waals surface area contributed by atoms with E-state index in [0.29, 0.717) is 11.5 Å². The average Bonchev–Trinajstić information content (AvgIpc) is 2.65. The van der Waals surface area contributed by atoms with Gasteiger partial charge in [0.25, 0.3) is 5.56 Å². The first-order valence-electron chi connectivity index (χ1n) is 5.58. The molecule has 0 fully saturated rings. The maximum atomic E-state index is 11.3. The molecule has 0 aliphatic heterocycles. The molecule has 6 nitrogen and oxygen atoms in total. The molecule has 0 aliphatic carbocycles. The van der Waals surface area contributed by atoms with Crippen LogP contribution in [0.25, 0.3) is 5.82 Å². The van der Waals surface area contributed by atoms with Crippen LogP contribution in [0.3, 0.4) is 0 Å². The quantitative estimate of drug-likeness (QED) is 0.815. The summed E-state index contributed by atoms with van der Waals surface area (Å²) in [7, 11) is 0. The van der Waals surface area contributed by atoms with E-state index in [4.69, 9.17) is 5.73 Å². The molecule has 0 saturated carbocycles. The Morgan fingerprint density at radius 1 is 1.41 bits per heavy atom. The number of rotatable bonds is 3. The standard InChI is InChI=1S/C11H15N5O/c1-3-7-11(12)8(4-2)16(15-7)9-5-10(17)14-6-13-9/h5-6H,3-4,12H2,1-2H3,(H,13,14,17). The SMILES string of the molecule is CCc1nn(-c2cc(=O)[nH]cn2)c(CC)c1N. The van der Waals surface area contributed by atoms with Gasteiger partial charge in [0.1, 0.15) is 0 Å². The van der Waals surface area contributed by atoms with Crippen LogP contribution in [0.5, 0.6) is 0 Å². The zero-order valence-corrected chi connectivity index (χ0v) is 9.90. The minimum atomic E-state index is -0.204. The Balaban J connectivity index is 2.62. The van der Waals surface area contributed by atoms with E-state index in [0.717, 1.165) is 24.2 Å². The van der Waals surface area contributed by atoms with Gasteiger partial charge in [-0.25, -0.2) is 9.67 Å². The molecule has 0 spiro atoms. The molecule has 90 valence electrons. The third-order valence-electron chi connectivity index (χ3n) is 2.65. The van der Waals surface area contributed by atoms with Crippen LogP contribution in [0.2, 0.25) is 0 Å². The van der Waals surface area contributed by atoms with Crippen molar-refractivity contribution in [2.45, 2.75) is 26.7 Å². The zero-order valence-electron chi connectivity index (χ0n) is 9.90. The van der Waals surface area contributed by atoms with Gasteiger partial charge in [-0.1, -0.05) is 13.8 Å². The van der Waals surface area contributed by atoms with Gasteiger partial charge in [0.2, 0.25) is 0 Å². The molecule has 0 bridgehead atoms. The smallest absolute Gasteiger partial charge is 0.252 e. The Labute approximate surface area is 98.5 Å². The summed E-state index contributed by atoms with van der Waals surface area (Å²) in [5, 5.41) is 4.39. The topological polar surface area (TPSA) is 89.6 Å². The number of H-pyrrole nitrogens is 1. The van der Waals surface area contributed by atoms with E-state index in [-0.39, 0.29) is 5.56 Å². The van der Waals surface area contributed by atoms with E-state index in [2.05, 4.69) is 15.1 Å². The van der Waals surface area contributed by atoms with Crippen molar-refractivity contribution in [3.63, 3.8) is 0 Å². The third kappa shape index (κ3) is 1.93. The molecule has 2 aromatic rings. The molecule has 17 heavy (non-hydrogen) atoms. The molecule has 2 heterocycles. The maximum absolute atomic E-state index is 11.3. The van der Waals surface area contributed by atoms with Gasteiger partial charge in [-0.15, -0.1) is 0 Å². The summed E-state index contributed by atoms with van der Waals surface area (Å²) in [6.07, 6.45) is 2.86. The van der Waals surface area contributed by atoms with Crippen LogP contribution >= 0.6 is 0 Å². The van der Waals surface area contributed by atoms with Gasteiger partial charge in [-0.3, -0.25) is 4.79 Å². The lowest BCUT2D eigenvalue weighted by Crippen LogP contribution is -2.11. The Kier molecular flexibility index (Phi) is 2.95. The van der Waals surface area contributed by atoms with Crippen molar-refractivity contribution in [2.75, 3.05) is 5.73 Å². The lowest BCUT2D eigenvalue weighted by molar-refractivity contribution is 0.766. The van der Waals surface area contributed by atoms with Crippen molar-refractivity contribution in [1.29, 1.82) is 0 Å². The van der Waals surface area contributed by atoms with Crippen LogP contribution in [0, 0.1) is 0 Å². The maximum Gasteiger partial charge on any atom is 0.252 e. The normalized spacial score (nSPS) is 10.7. The van der Waals surface area contributed by atoms with Gasteiger partial charge >= 0.3 is 0 Å². The number of hydrogen-bond acceptors (Lipinski definition) is 4. The Bertz CT molecular complexity index is 584. The minimum Gasteiger partial charge on any atom is -0.396 e. The number of nitrogens with zero attached hydrogens (tertiary/aromatic N) is 3. The van der Waals surface area contributed by atoms with E-state index in [9.17, 15) is 4.79 Å². The molecule has 0 unspecified atom stereocenters. The van der Waals surface area contributed by atoms with Gasteiger partial charge < -0.3 is 10.7 Å². The second-order valence-electron chi connectivity index (χ2n) is 3.70. The molecule has 0 aliphatic rings. The largest absolute Gasteiger partial charge is 0.396 e. The van der Waals surface area contributed by atoms with Crippen molar-refractivity contribution < 1.29 is 0 Å². The van der Waals surface area contributed by atoms with Crippen molar-refractivity contribution in [1.82, 2.24) is 19.7 Å². The van der Waals surface area contributed by atoms with Crippen molar-refractivity contribution in [3.8, 4) is 5.82 Å². The van der Waals surface area contributed by atoms with Gasteiger partial charge in [0.15, 0.2) is 5.82 Å². The summed E-state index contributed by atoms with van der Waals surface area (Å²) < 4.78 is 1.64.